The molecule has 1 rings (SSSR count). The Balaban J connectivity index is 2.71. The van der Waals surface area contributed by atoms with Crippen LogP contribution in [-0.4, -0.2) is 41.2 Å². The van der Waals surface area contributed by atoms with Gasteiger partial charge in [-0.25, -0.2) is 0 Å². The zero-order valence-electron chi connectivity index (χ0n) is 10.9. The van der Waals surface area contributed by atoms with Crippen LogP contribution in [0.1, 0.15) is 24.8 Å². The van der Waals surface area contributed by atoms with E-state index in [1.807, 2.05) is 18.2 Å². The lowest BCUT2D eigenvalue weighted by atomic mass is 9.98. The van der Waals surface area contributed by atoms with Gasteiger partial charge in [-0.1, -0.05) is 49.5 Å². The van der Waals surface area contributed by atoms with E-state index in [0.29, 0.717) is 4.99 Å². The molecular formula is C14H22N2OS. The van der Waals surface area contributed by atoms with Crippen molar-refractivity contribution >= 4 is 17.2 Å². The molecule has 0 aliphatic heterocycles. The van der Waals surface area contributed by atoms with Gasteiger partial charge in [-0.05, 0) is 18.5 Å². The third-order valence-electron chi connectivity index (χ3n) is 3.07. The molecule has 0 aliphatic rings. The molecule has 0 bridgehead atoms. The summed E-state index contributed by atoms with van der Waals surface area (Å²) >= 11 is 5.18. The van der Waals surface area contributed by atoms with E-state index in [0.717, 1.165) is 31.6 Å². The predicted octanol–water partition coefficient (Wildman–Crippen LogP) is 1.76. The van der Waals surface area contributed by atoms with Gasteiger partial charge < -0.3 is 15.7 Å². The van der Waals surface area contributed by atoms with Crippen LogP contribution in [0.4, 0.5) is 0 Å². The van der Waals surface area contributed by atoms with E-state index in [-0.39, 0.29) is 12.5 Å². The van der Waals surface area contributed by atoms with Crippen molar-refractivity contribution in [3.63, 3.8) is 0 Å². The summed E-state index contributed by atoms with van der Waals surface area (Å²) in [7, 11) is 0. The third kappa shape index (κ3) is 4.72. The molecule has 1 atom stereocenters. The average Bonchev–Trinajstić information content (AvgIpc) is 2.39. The lowest BCUT2D eigenvalue weighted by Crippen LogP contribution is -2.35. The van der Waals surface area contributed by atoms with E-state index < -0.39 is 0 Å². The molecule has 0 saturated carbocycles. The van der Waals surface area contributed by atoms with Crippen molar-refractivity contribution in [2.45, 2.75) is 19.3 Å². The fraction of sp³-hybridized carbons (Fsp3) is 0.500. The quantitative estimate of drug-likeness (QED) is 0.704. The largest absolute Gasteiger partial charge is 0.396 e. The van der Waals surface area contributed by atoms with Gasteiger partial charge in [-0.2, -0.15) is 0 Å². The molecule has 1 aromatic rings. The average molecular weight is 266 g/mol. The highest BCUT2D eigenvalue weighted by Gasteiger charge is 2.17. The summed E-state index contributed by atoms with van der Waals surface area (Å²) in [4.78, 5) is 2.80. The van der Waals surface area contributed by atoms with Crippen LogP contribution in [-0.2, 0) is 0 Å². The lowest BCUT2D eigenvalue weighted by Gasteiger charge is -2.26. The van der Waals surface area contributed by atoms with Crippen LogP contribution in [0.5, 0.6) is 0 Å². The van der Waals surface area contributed by atoms with E-state index in [9.17, 15) is 0 Å². The van der Waals surface area contributed by atoms with Crippen molar-refractivity contribution in [3.8, 4) is 0 Å². The zero-order chi connectivity index (χ0) is 13.4. The Kier molecular flexibility index (Phi) is 6.86. The maximum atomic E-state index is 8.89. The number of likely N-dealkylation sites (N-methyl/N-ethyl adjacent to an activating group) is 1. The molecule has 0 saturated heterocycles. The third-order valence-corrected chi connectivity index (χ3v) is 3.35. The molecule has 0 aromatic heterocycles. The summed E-state index contributed by atoms with van der Waals surface area (Å²) in [6.07, 6.45) is 0.784. The predicted molar refractivity (Wildman–Crippen MR) is 79.8 cm³/mol. The van der Waals surface area contributed by atoms with Crippen LogP contribution in [0, 0.1) is 0 Å². The molecule has 0 radical (unpaired) electrons. The summed E-state index contributed by atoms with van der Waals surface area (Å²) in [6, 6.07) is 10.1. The summed E-state index contributed by atoms with van der Waals surface area (Å²) in [6.45, 7) is 4.96. The van der Waals surface area contributed by atoms with E-state index in [2.05, 4.69) is 24.0 Å². The van der Waals surface area contributed by atoms with E-state index >= 15 is 0 Å². The monoisotopic (exact) mass is 266 g/mol. The first-order valence-electron chi connectivity index (χ1n) is 6.36. The van der Waals surface area contributed by atoms with Crippen molar-refractivity contribution < 1.29 is 5.11 Å². The topological polar surface area (TPSA) is 49.5 Å². The first-order chi connectivity index (χ1) is 8.69. The zero-order valence-corrected chi connectivity index (χ0v) is 11.7. The number of nitrogens with two attached hydrogens (primary N) is 1. The first-order valence-corrected chi connectivity index (χ1v) is 6.77. The van der Waals surface area contributed by atoms with Gasteiger partial charge in [0.05, 0.1) is 4.99 Å². The van der Waals surface area contributed by atoms with E-state index in [1.165, 1.54) is 0 Å². The standard InChI is InChI=1S/C14H22N2OS/c1-2-16(9-6-10-17)11-13(14(15)18)12-7-4-3-5-8-12/h3-5,7-8,13,17H,2,6,9-11H2,1H3,(H2,15,18). The van der Waals surface area contributed by atoms with Crippen molar-refractivity contribution in [1.82, 2.24) is 4.90 Å². The van der Waals surface area contributed by atoms with Crippen molar-refractivity contribution in [3.05, 3.63) is 35.9 Å². The first kappa shape index (κ1) is 15.1. The number of hydrogen-bond acceptors (Lipinski definition) is 3. The Morgan fingerprint density at radius 2 is 2.06 bits per heavy atom. The minimum atomic E-state index is 0.0832. The van der Waals surface area contributed by atoms with Crippen LogP contribution < -0.4 is 5.73 Å². The number of nitrogens with zero attached hydrogens (tertiary/aromatic N) is 1. The second-order valence-electron chi connectivity index (χ2n) is 4.34. The molecule has 0 amide bonds. The van der Waals surface area contributed by atoms with Gasteiger partial charge >= 0.3 is 0 Å². The summed E-state index contributed by atoms with van der Waals surface area (Å²) < 4.78 is 0. The molecular weight excluding hydrogens is 244 g/mol. The molecule has 3 nitrogen and oxygen atoms in total. The smallest absolute Gasteiger partial charge is 0.0816 e. The van der Waals surface area contributed by atoms with Crippen LogP contribution in [0.3, 0.4) is 0 Å². The van der Waals surface area contributed by atoms with Crippen molar-refractivity contribution in [1.29, 1.82) is 0 Å². The maximum Gasteiger partial charge on any atom is 0.0816 e. The van der Waals surface area contributed by atoms with E-state index in [1.54, 1.807) is 0 Å². The maximum absolute atomic E-state index is 8.89. The SMILES string of the molecule is CCN(CCCO)CC(C(N)=S)c1ccccc1. The molecule has 0 fully saturated rings. The molecule has 3 N–H and O–H groups in total. The fourth-order valence-corrected chi connectivity index (χ4v) is 2.19. The minimum absolute atomic E-state index is 0.0832. The highest BCUT2D eigenvalue weighted by atomic mass is 32.1. The van der Waals surface area contributed by atoms with Crippen LogP contribution in [0.25, 0.3) is 0 Å². The molecule has 0 spiro atoms. The summed E-state index contributed by atoms with van der Waals surface area (Å²) in [5, 5.41) is 8.89. The highest BCUT2D eigenvalue weighted by Crippen LogP contribution is 2.17. The highest BCUT2D eigenvalue weighted by molar-refractivity contribution is 7.80. The van der Waals surface area contributed by atoms with Gasteiger partial charge in [0.25, 0.3) is 0 Å². The second-order valence-corrected chi connectivity index (χ2v) is 4.81. The molecule has 0 aliphatic carbocycles. The normalized spacial score (nSPS) is 12.6. The van der Waals surface area contributed by atoms with Crippen LogP contribution in [0.2, 0.25) is 0 Å². The Bertz CT molecular complexity index is 356. The molecule has 18 heavy (non-hydrogen) atoms. The van der Waals surface area contributed by atoms with E-state index in [4.69, 9.17) is 23.1 Å². The fourth-order valence-electron chi connectivity index (χ4n) is 1.98. The van der Waals surface area contributed by atoms with Gasteiger partial charge in [-0.3, -0.25) is 0 Å². The number of hydrogen-bond donors (Lipinski definition) is 2. The Hall–Kier alpha value is -0.970. The minimum Gasteiger partial charge on any atom is -0.396 e. The van der Waals surface area contributed by atoms with Crippen LogP contribution in [0.15, 0.2) is 30.3 Å². The van der Waals surface area contributed by atoms with Gasteiger partial charge in [0.15, 0.2) is 0 Å². The van der Waals surface area contributed by atoms with Gasteiger partial charge in [0, 0.05) is 25.6 Å². The van der Waals surface area contributed by atoms with Crippen molar-refractivity contribution in [2.75, 3.05) is 26.2 Å². The number of rotatable bonds is 8. The number of thiocarbonyl (C=S) groups is 1. The molecule has 1 aromatic carbocycles. The van der Waals surface area contributed by atoms with Gasteiger partial charge in [0.1, 0.15) is 0 Å². The van der Waals surface area contributed by atoms with Gasteiger partial charge in [-0.15, -0.1) is 0 Å². The summed E-state index contributed by atoms with van der Waals surface area (Å²) in [5.41, 5.74) is 7.02. The summed E-state index contributed by atoms with van der Waals surface area (Å²) in [5.74, 6) is 0.0832. The molecule has 1 unspecified atom stereocenters. The van der Waals surface area contributed by atoms with Crippen LogP contribution >= 0.6 is 12.2 Å². The Morgan fingerprint density at radius 1 is 1.39 bits per heavy atom. The number of benzene rings is 1. The van der Waals surface area contributed by atoms with Crippen molar-refractivity contribution in [2.24, 2.45) is 5.73 Å². The molecule has 0 heterocycles. The Morgan fingerprint density at radius 3 is 2.56 bits per heavy atom. The number of aliphatic hydroxyl groups is 1. The number of aliphatic hydroxyl groups excluding tert-OH is 1. The molecule has 100 valence electrons. The lowest BCUT2D eigenvalue weighted by molar-refractivity contribution is 0.229. The molecule has 4 heteroatoms. The second kappa shape index (κ2) is 8.19. The Labute approximate surface area is 115 Å². The van der Waals surface area contributed by atoms with Gasteiger partial charge in [0.2, 0.25) is 0 Å².